The largest absolute Gasteiger partial charge is 0.370 e. The zero-order valence-electron chi connectivity index (χ0n) is 17.4. The average molecular weight is 409 g/mol. The molecule has 0 aromatic carbocycles. The number of nitrogens with zero attached hydrogens (tertiary/aromatic N) is 3. The summed E-state index contributed by atoms with van der Waals surface area (Å²) < 4.78 is 6.03. The van der Waals surface area contributed by atoms with Crippen molar-refractivity contribution < 1.29 is 4.74 Å². The Labute approximate surface area is 171 Å². The van der Waals surface area contributed by atoms with Crippen LogP contribution in [-0.2, 0) is 17.8 Å². The van der Waals surface area contributed by atoms with Gasteiger partial charge in [-0.3, -0.25) is 0 Å². The monoisotopic (exact) mass is 408 g/mol. The van der Waals surface area contributed by atoms with Crippen molar-refractivity contribution in [2.45, 2.75) is 70.6 Å². The standard InChI is InChI=1S/C20H32N4OS2/c1-7-24(8-2)10-9-21-17-16-14-11-20(5,6)25-12-15(14)27-18(16)23-19(22-17)26-13(3)4/h13H,7-12H2,1-6H3,(H,21,22,23). The van der Waals surface area contributed by atoms with Crippen LogP contribution in [0.4, 0.5) is 5.82 Å². The third kappa shape index (κ3) is 4.94. The second kappa shape index (κ2) is 8.64. The van der Waals surface area contributed by atoms with Gasteiger partial charge in [-0.15, -0.1) is 11.3 Å². The van der Waals surface area contributed by atoms with Gasteiger partial charge in [0.2, 0.25) is 0 Å². The van der Waals surface area contributed by atoms with Crippen molar-refractivity contribution in [3.05, 3.63) is 10.4 Å². The van der Waals surface area contributed by atoms with E-state index in [1.807, 2.05) is 0 Å². The van der Waals surface area contributed by atoms with Gasteiger partial charge in [0.1, 0.15) is 10.6 Å². The van der Waals surface area contributed by atoms with Crippen LogP contribution in [0.15, 0.2) is 5.16 Å². The number of fused-ring (bicyclic) bond motifs is 3. The Balaban J connectivity index is 1.96. The maximum absolute atomic E-state index is 6.03. The molecular formula is C20H32N4OS2. The van der Waals surface area contributed by atoms with E-state index in [1.165, 1.54) is 15.8 Å². The first kappa shape index (κ1) is 20.8. The average Bonchev–Trinajstić information content (AvgIpc) is 2.94. The van der Waals surface area contributed by atoms with Gasteiger partial charge in [0.05, 0.1) is 17.6 Å². The summed E-state index contributed by atoms with van der Waals surface area (Å²) in [6.07, 6.45) is 0.910. The summed E-state index contributed by atoms with van der Waals surface area (Å²) in [6, 6.07) is 0. The summed E-state index contributed by atoms with van der Waals surface area (Å²) in [5, 5.41) is 6.15. The Morgan fingerprint density at radius 3 is 2.67 bits per heavy atom. The predicted octanol–water partition coefficient (Wildman–Crippen LogP) is 4.80. The van der Waals surface area contributed by atoms with Crippen LogP contribution in [0.1, 0.15) is 52.0 Å². The van der Waals surface area contributed by atoms with E-state index in [0.29, 0.717) is 11.9 Å². The molecule has 0 aliphatic carbocycles. The molecule has 0 unspecified atom stereocenters. The molecule has 0 fully saturated rings. The van der Waals surface area contributed by atoms with Gasteiger partial charge in [-0.25, -0.2) is 9.97 Å². The van der Waals surface area contributed by atoms with E-state index >= 15 is 0 Å². The molecule has 2 aromatic heterocycles. The molecule has 0 atom stereocenters. The molecule has 2 aromatic rings. The van der Waals surface area contributed by atoms with Gasteiger partial charge < -0.3 is 15.0 Å². The fourth-order valence-electron chi connectivity index (χ4n) is 3.39. The summed E-state index contributed by atoms with van der Waals surface area (Å²) in [5.41, 5.74) is 1.24. The first-order valence-corrected chi connectivity index (χ1v) is 11.6. The van der Waals surface area contributed by atoms with E-state index in [1.54, 1.807) is 23.1 Å². The SMILES string of the molecule is CCN(CC)CCNc1nc(SC(C)C)nc2sc3c(c12)CC(C)(C)OC3. The molecule has 1 aliphatic rings. The van der Waals surface area contributed by atoms with E-state index in [0.717, 1.165) is 48.4 Å². The Kier molecular flexibility index (Phi) is 6.66. The maximum Gasteiger partial charge on any atom is 0.191 e. The number of aromatic nitrogens is 2. The number of ether oxygens (including phenoxy) is 1. The molecule has 7 heteroatoms. The lowest BCUT2D eigenvalue weighted by atomic mass is 9.94. The quantitative estimate of drug-likeness (QED) is 0.500. The molecule has 0 radical (unpaired) electrons. The lowest BCUT2D eigenvalue weighted by Crippen LogP contribution is -2.31. The van der Waals surface area contributed by atoms with Crippen LogP contribution in [0.2, 0.25) is 0 Å². The first-order valence-electron chi connectivity index (χ1n) is 9.92. The minimum Gasteiger partial charge on any atom is -0.370 e. The third-order valence-corrected chi connectivity index (χ3v) is 6.83. The molecule has 0 saturated heterocycles. The highest BCUT2D eigenvalue weighted by molar-refractivity contribution is 7.99. The second-order valence-corrected chi connectivity index (χ2v) is 10.5. The Hall–Kier alpha value is -0.890. The molecule has 0 spiro atoms. The van der Waals surface area contributed by atoms with Crippen molar-refractivity contribution in [2.24, 2.45) is 0 Å². The highest BCUT2D eigenvalue weighted by Gasteiger charge is 2.31. The lowest BCUT2D eigenvalue weighted by molar-refractivity contribution is -0.0379. The minimum absolute atomic E-state index is 0.134. The van der Waals surface area contributed by atoms with Crippen LogP contribution in [-0.4, -0.2) is 51.9 Å². The van der Waals surface area contributed by atoms with Crippen LogP contribution in [0.3, 0.4) is 0 Å². The van der Waals surface area contributed by atoms with Gasteiger partial charge in [0.15, 0.2) is 5.16 Å². The zero-order valence-corrected chi connectivity index (χ0v) is 19.0. The molecule has 3 heterocycles. The highest BCUT2D eigenvalue weighted by atomic mass is 32.2. The van der Waals surface area contributed by atoms with E-state index in [4.69, 9.17) is 14.7 Å². The molecule has 0 saturated carbocycles. The summed E-state index contributed by atoms with van der Waals surface area (Å²) >= 11 is 3.49. The van der Waals surface area contributed by atoms with Gasteiger partial charge in [0, 0.05) is 29.6 Å². The van der Waals surface area contributed by atoms with E-state index in [9.17, 15) is 0 Å². The van der Waals surface area contributed by atoms with Crippen LogP contribution >= 0.6 is 23.1 Å². The van der Waals surface area contributed by atoms with Crippen LogP contribution in [0.25, 0.3) is 10.2 Å². The number of nitrogens with one attached hydrogen (secondary N) is 1. The van der Waals surface area contributed by atoms with E-state index < -0.39 is 0 Å². The molecule has 3 rings (SSSR count). The fraction of sp³-hybridized carbons (Fsp3) is 0.700. The molecule has 0 bridgehead atoms. The van der Waals surface area contributed by atoms with E-state index in [-0.39, 0.29) is 5.60 Å². The number of thioether (sulfide) groups is 1. The number of likely N-dealkylation sites (N-methyl/N-ethyl adjacent to an activating group) is 1. The van der Waals surface area contributed by atoms with Gasteiger partial charge in [0.25, 0.3) is 0 Å². The Morgan fingerprint density at radius 1 is 1.26 bits per heavy atom. The van der Waals surface area contributed by atoms with Crippen molar-refractivity contribution in [2.75, 3.05) is 31.5 Å². The highest BCUT2D eigenvalue weighted by Crippen LogP contribution is 2.41. The van der Waals surface area contributed by atoms with Crippen molar-refractivity contribution in [1.29, 1.82) is 0 Å². The molecule has 5 nitrogen and oxygen atoms in total. The summed E-state index contributed by atoms with van der Waals surface area (Å²) in [6.45, 7) is 17.8. The maximum atomic E-state index is 6.03. The topological polar surface area (TPSA) is 50.3 Å². The van der Waals surface area contributed by atoms with E-state index in [2.05, 4.69) is 51.8 Å². The van der Waals surface area contributed by atoms with Gasteiger partial charge >= 0.3 is 0 Å². The zero-order chi connectivity index (χ0) is 19.6. The van der Waals surface area contributed by atoms with Gasteiger partial charge in [-0.1, -0.05) is 39.5 Å². The third-order valence-electron chi connectivity index (χ3n) is 4.87. The van der Waals surface area contributed by atoms with Crippen LogP contribution in [0.5, 0.6) is 0 Å². The number of thiophene rings is 1. The van der Waals surface area contributed by atoms with Crippen molar-refractivity contribution in [3.63, 3.8) is 0 Å². The summed E-state index contributed by atoms with van der Waals surface area (Å²) in [5.74, 6) is 0.991. The predicted molar refractivity (Wildman–Crippen MR) is 117 cm³/mol. The number of anilines is 1. The normalized spacial score (nSPS) is 16.3. The second-order valence-electron chi connectivity index (χ2n) is 7.88. The summed E-state index contributed by atoms with van der Waals surface area (Å²) in [4.78, 5) is 14.6. The Morgan fingerprint density at radius 2 is 2.00 bits per heavy atom. The molecule has 27 heavy (non-hydrogen) atoms. The molecule has 0 amide bonds. The Bertz CT molecular complexity index is 784. The fourth-order valence-corrected chi connectivity index (χ4v) is 5.26. The molecule has 1 N–H and O–H groups in total. The van der Waals surface area contributed by atoms with Crippen LogP contribution in [0, 0.1) is 0 Å². The number of hydrogen-bond acceptors (Lipinski definition) is 7. The minimum atomic E-state index is -0.134. The van der Waals surface area contributed by atoms with Crippen LogP contribution < -0.4 is 5.32 Å². The van der Waals surface area contributed by atoms with Gasteiger partial charge in [-0.2, -0.15) is 0 Å². The number of rotatable bonds is 8. The first-order chi connectivity index (χ1) is 12.8. The van der Waals surface area contributed by atoms with Crippen molar-refractivity contribution in [1.82, 2.24) is 14.9 Å². The van der Waals surface area contributed by atoms with Gasteiger partial charge in [-0.05, 0) is 32.5 Å². The van der Waals surface area contributed by atoms with Crippen molar-refractivity contribution in [3.8, 4) is 0 Å². The molecule has 1 aliphatic heterocycles. The number of hydrogen-bond donors (Lipinski definition) is 1. The van der Waals surface area contributed by atoms with Crippen molar-refractivity contribution >= 4 is 39.1 Å². The molecule has 150 valence electrons. The molecular weight excluding hydrogens is 376 g/mol. The lowest BCUT2D eigenvalue weighted by Gasteiger charge is -2.30. The summed E-state index contributed by atoms with van der Waals surface area (Å²) in [7, 11) is 0. The smallest absolute Gasteiger partial charge is 0.191 e.